The van der Waals surface area contributed by atoms with E-state index in [0.717, 1.165) is 11.7 Å². The number of rotatable bonds is 9. The van der Waals surface area contributed by atoms with Crippen LogP contribution in [0.2, 0.25) is 25.7 Å². The van der Waals surface area contributed by atoms with E-state index in [1.165, 1.54) is 22.7 Å². The third-order valence-electron chi connectivity index (χ3n) is 7.08. The van der Waals surface area contributed by atoms with Crippen molar-refractivity contribution in [3.8, 4) is 0 Å². The number of benzene rings is 1. The zero-order valence-electron chi connectivity index (χ0n) is 24.1. The van der Waals surface area contributed by atoms with Gasteiger partial charge in [0.05, 0.1) is 18.4 Å². The summed E-state index contributed by atoms with van der Waals surface area (Å²) in [6.45, 7) is 13.8. The first kappa shape index (κ1) is 31.1. The third-order valence-corrected chi connectivity index (χ3v) is 10.8. The Morgan fingerprint density at radius 1 is 1.32 bits per heavy atom. The van der Waals surface area contributed by atoms with E-state index in [0.29, 0.717) is 24.0 Å². The van der Waals surface area contributed by atoms with Crippen molar-refractivity contribution in [2.24, 2.45) is 10.9 Å². The predicted octanol–water partition coefficient (Wildman–Crippen LogP) is 6.76. The molecule has 8 nitrogen and oxygen atoms in total. The van der Waals surface area contributed by atoms with Gasteiger partial charge in [-0.05, 0) is 58.4 Å². The minimum Gasteiger partial charge on any atom is -0.443 e. The van der Waals surface area contributed by atoms with Crippen molar-refractivity contribution in [1.29, 1.82) is 0 Å². The van der Waals surface area contributed by atoms with Gasteiger partial charge in [-0.3, -0.25) is 0 Å². The fourth-order valence-electron chi connectivity index (χ4n) is 4.81. The third kappa shape index (κ3) is 6.79. The van der Waals surface area contributed by atoms with Crippen LogP contribution >= 0.6 is 27.7 Å². The largest absolute Gasteiger partial charge is 0.443 e. The molecule has 0 N–H and O–H groups in total. The lowest BCUT2D eigenvalue weighted by Gasteiger charge is -2.38. The van der Waals surface area contributed by atoms with Gasteiger partial charge >= 0.3 is 6.09 Å². The van der Waals surface area contributed by atoms with E-state index in [1.807, 2.05) is 6.92 Å². The SMILES string of the molecule is Cc1cnnn1C[C@]12C[C@H]1[C@@](CF)(c1cc(Br)ccc1F)N=C(N(COCC[Si](C)(C)C)C(=O)OC(C)(C)C)S2. The van der Waals surface area contributed by atoms with Gasteiger partial charge in [-0.25, -0.2) is 28.1 Å². The van der Waals surface area contributed by atoms with E-state index in [2.05, 4.69) is 45.9 Å². The van der Waals surface area contributed by atoms with Crippen LogP contribution in [0.4, 0.5) is 13.6 Å². The van der Waals surface area contributed by atoms with Crippen LogP contribution < -0.4 is 0 Å². The molecule has 2 heterocycles. The number of hydrogen-bond donors (Lipinski definition) is 0. The van der Waals surface area contributed by atoms with Crippen molar-refractivity contribution in [3.63, 3.8) is 0 Å². The van der Waals surface area contributed by atoms with E-state index in [9.17, 15) is 4.79 Å². The molecule has 1 aromatic carbocycles. The van der Waals surface area contributed by atoms with Gasteiger partial charge < -0.3 is 9.47 Å². The number of carbonyl (C=O) groups is 1. The van der Waals surface area contributed by atoms with Crippen LogP contribution in [0, 0.1) is 18.7 Å². The molecule has 1 aliphatic carbocycles. The first-order valence-electron chi connectivity index (χ1n) is 13.3. The van der Waals surface area contributed by atoms with E-state index in [4.69, 9.17) is 14.5 Å². The maximum Gasteiger partial charge on any atom is 0.418 e. The number of aryl methyl sites for hydroxylation is 1. The zero-order chi connectivity index (χ0) is 29.5. The number of carbonyl (C=O) groups excluding carboxylic acids is 1. The van der Waals surface area contributed by atoms with Gasteiger partial charge in [0, 0.05) is 35.4 Å². The van der Waals surface area contributed by atoms with Crippen LogP contribution in [0.25, 0.3) is 0 Å². The van der Waals surface area contributed by atoms with Gasteiger partial charge in [-0.1, -0.05) is 52.5 Å². The molecule has 220 valence electrons. The smallest absolute Gasteiger partial charge is 0.418 e. The average Bonchev–Trinajstić information content (AvgIpc) is 3.43. The van der Waals surface area contributed by atoms with Gasteiger partial charge in [0.25, 0.3) is 0 Å². The number of aromatic nitrogens is 3. The number of nitrogens with zero attached hydrogens (tertiary/aromatic N) is 5. The first-order valence-corrected chi connectivity index (χ1v) is 18.6. The van der Waals surface area contributed by atoms with Crippen LogP contribution in [0.5, 0.6) is 0 Å². The Labute approximate surface area is 248 Å². The summed E-state index contributed by atoms with van der Waals surface area (Å²) in [7, 11) is -1.38. The molecule has 0 spiro atoms. The molecule has 13 heteroatoms. The maximum absolute atomic E-state index is 15.4. The standard InChI is InChI=1S/C27H38BrF2N5O3SSi/c1-18-14-31-33-35(18)16-26-13-22(26)27(15-29,20-12-19(28)8-9-21(20)30)32-23(39-26)34(24(36)38-25(2,3)4)17-37-10-11-40(5,6)7/h8-9,12,14,22H,10-11,13,15-17H2,1-7H3/t22-,26-,27-/m1/s1. The highest BCUT2D eigenvalue weighted by molar-refractivity contribution is 9.10. The first-order chi connectivity index (χ1) is 18.6. The Morgan fingerprint density at radius 3 is 2.65 bits per heavy atom. The van der Waals surface area contributed by atoms with Gasteiger partial charge in [0.2, 0.25) is 0 Å². The summed E-state index contributed by atoms with van der Waals surface area (Å²) < 4.78 is 44.3. The molecule has 1 fully saturated rings. The molecule has 0 unspecified atom stereocenters. The van der Waals surface area contributed by atoms with Crippen LogP contribution in [0.15, 0.2) is 33.9 Å². The number of halogens is 3. The number of thioether (sulfide) groups is 1. The number of alkyl halides is 1. The number of hydrogen-bond acceptors (Lipinski definition) is 7. The van der Waals surface area contributed by atoms with Gasteiger partial charge in [0.15, 0.2) is 5.17 Å². The fraction of sp³-hybridized carbons (Fsp3) is 0.630. The summed E-state index contributed by atoms with van der Waals surface area (Å²) in [5, 5.41) is 8.45. The molecule has 40 heavy (non-hydrogen) atoms. The summed E-state index contributed by atoms with van der Waals surface area (Å²) >= 11 is 4.79. The molecule has 1 aliphatic heterocycles. The molecule has 2 aliphatic rings. The molecule has 1 saturated carbocycles. The molecule has 0 bridgehead atoms. The molecular weight excluding hydrogens is 620 g/mol. The van der Waals surface area contributed by atoms with Crippen molar-refractivity contribution < 1.29 is 23.0 Å². The normalized spacial score (nSPS) is 24.4. The average molecular weight is 659 g/mol. The van der Waals surface area contributed by atoms with Gasteiger partial charge in [-0.15, -0.1) is 5.10 Å². The molecule has 1 aromatic heterocycles. The van der Waals surface area contributed by atoms with Crippen molar-refractivity contribution in [3.05, 3.63) is 45.9 Å². The van der Waals surface area contributed by atoms with Crippen molar-refractivity contribution in [1.82, 2.24) is 19.9 Å². The van der Waals surface area contributed by atoms with Crippen LogP contribution in [0.3, 0.4) is 0 Å². The van der Waals surface area contributed by atoms with E-state index < -0.39 is 42.5 Å². The zero-order valence-corrected chi connectivity index (χ0v) is 27.5. The second-order valence-corrected chi connectivity index (χ2v) is 20.7. The number of amides is 1. The topological polar surface area (TPSA) is 81.8 Å². The van der Waals surface area contributed by atoms with Crippen LogP contribution in [0.1, 0.15) is 38.4 Å². The lowest BCUT2D eigenvalue weighted by Crippen LogP contribution is -2.47. The molecule has 0 radical (unpaired) electrons. The highest BCUT2D eigenvalue weighted by atomic mass is 79.9. The Morgan fingerprint density at radius 2 is 2.05 bits per heavy atom. The molecule has 4 rings (SSSR count). The monoisotopic (exact) mass is 657 g/mol. The molecule has 1 amide bonds. The van der Waals surface area contributed by atoms with E-state index in [-0.39, 0.29) is 23.4 Å². The highest BCUT2D eigenvalue weighted by Gasteiger charge is 2.69. The lowest BCUT2D eigenvalue weighted by atomic mass is 9.85. The number of ether oxygens (including phenoxy) is 2. The summed E-state index contributed by atoms with van der Waals surface area (Å²) in [4.78, 5) is 19.7. The molecular formula is C27H38BrF2N5O3SSi. The van der Waals surface area contributed by atoms with Crippen molar-refractivity contribution >= 4 is 47.0 Å². The Bertz CT molecular complexity index is 1280. The quantitative estimate of drug-likeness (QED) is 0.168. The lowest BCUT2D eigenvalue weighted by molar-refractivity contribution is 0.0109. The van der Waals surface area contributed by atoms with Crippen LogP contribution in [-0.2, 0) is 21.6 Å². The molecule has 3 atom stereocenters. The number of aliphatic imine (C=N–C) groups is 1. The maximum atomic E-state index is 15.4. The summed E-state index contributed by atoms with van der Waals surface area (Å²) in [6, 6.07) is 5.37. The minimum atomic E-state index is -1.54. The highest BCUT2D eigenvalue weighted by Crippen LogP contribution is 2.67. The van der Waals surface area contributed by atoms with Gasteiger partial charge in [-0.2, -0.15) is 0 Å². The predicted molar refractivity (Wildman–Crippen MR) is 159 cm³/mol. The van der Waals surface area contributed by atoms with Crippen LogP contribution in [-0.4, -0.2) is 69.6 Å². The summed E-state index contributed by atoms with van der Waals surface area (Å²) in [5.74, 6) is -0.886. The van der Waals surface area contributed by atoms with Crippen molar-refractivity contribution in [2.45, 2.75) is 82.2 Å². The summed E-state index contributed by atoms with van der Waals surface area (Å²) in [5.41, 5.74) is -1.32. The number of fused-ring (bicyclic) bond motifs is 1. The second kappa shape index (κ2) is 11.4. The Hall–Kier alpha value is -1.83. The van der Waals surface area contributed by atoms with Crippen molar-refractivity contribution in [2.75, 3.05) is 20.0 Å². The minimum absolute atomic E-state index is 0.113. The fourth-order valence-corrected chi connectivity index (χ4v) is 7.51. The van der Waals surface area contributed by atoms with Gasteiger partial charge in [0.1, 0.15) is 30.4 Å². The Balaban J connectivity index is 1.79. The summed E-state index contributed by atoms with van der Waals surface area (Å²) in [6.07, 6.45) is 1.56. The number of amidine groups is 1. The van der Waals surface area contributed by atoms with E-state index >= 15 is 8.78 Å². The molecule has 2 aromatic rings. The Kier molecular flexibility index (Phi) is 8.90. The molecule has 0 saturated heterocycles. The van der Waals surface area contributed by atoms with E-state index in [1.54, 1.807) is 43.8 Å². The second-order valence-electron chi connectivity index (χ2n) is 12.8.